The molecule has 39 heavy (non-hydrogen) atoms. The number of methoxy groups -OCH3 is 1. The Hall–Kier alpha value is -3.36. The lowest BCUT2D eigenvalue weighted by atomic mass is 10.1. The quantitative estimate of drug-likeness (QED) is 0.396. The Kier molecular flexibility index (Phi) is 8.67. The van der Waals surface area contributed by atoms with Gasteiger partial charge < -0.3 is 24.8 Å². The molecule has 2 aromatic carbocycles. The summed E-state index contributed by atoms with van der Waals surface area (Å²) in [7, 11) is 0.120. The molecule has 1 aliphatic heterocycles. The minimum atomic E-state index is -4.41. The maximum Gasteiger partial charge on any atom is 0.406 e. The van der Waals surface area contributed by atoms with Gasteiger partial charge in [0, 0.05) is 29.4 Å². The second kappa shape index (κ2) is 11.8. The van der Waals surface area contributed by atoms with E-state index in [-0.39, 0.29) is 23.2 Å². The molecule has 1 saturated heterocycles. The lowest BCUT2D eigenvalue weighted by Gasteiger charge is -2.19. The first kappa shape index (κ1) is 28.6. The molecule has 7 nitrogen and oxygen atoms in total. The molecule has 1 aliphatic rings. The van der Waals surface area contributed by atoms with Crippen LogP contribution in [0.2, 0.25) is 0 Å². The summed E-state index contributed by atoms with van der Waals surface area (Å²) in [6.45, 7) is 0.968. The fourth-order valence-corrected chi connectivity index (χ4v) is 5.43. The summed E-state index contributed by atoms with van der Waals surface area (Å²) < 4.78 is 70.7. The Morgan fingerprint density at radius 3 is 2.62 bits per heavy atom. The SMILES string of the molecule is COc1cc(S(C)(=O)=O)ccc1NCC#Cc1cc2c(NC3CCCN(C)CC3)cccc2n1CC(F)(F)F. The number of sulfone groups is 1. The van der Waals surface area contributed by atoms with E-state index in [1.165, 1.54) is 23.8 Å². The van der Waals surface area contributed by atoms with Crippen LogP contribution < -0.4 is 15.4 Å². The zero-order chi connectivity index (χ0) is 28.2. The smallest absolute Gasteiger partial charge is 0.406 e. The van der Waals surface area contributed by atoms with Gasteiger partial charge in [-0.25, -0.2) is 8.42 Å². The Morgan fingerprint density at radius 2 is 1.90 bits per heavy atom. The van der Waals surface area contributed by atoms with E-state index in [4.69, 9.17) is 4.74 Å². The van der Waals surface area contributed by atoms with Crippen molar-refractivity contribution < 1.29 is 26.3 Å². The Balaban J connectivity index is 1.59. The number of benzene rings is 2. The maximum absolute atomic E-state index is 13.5. The zero-order valence-electron chi connectivity index (χ0n) is 22.2. The number of rotatable bonds is 7. The molecule has 1 unspecified atom stereocenters. The van der Waals surface area contributed by atoms with Gasteiger partial charge in [0.25, 0.3) is 0 Å². The monoisotopic (exact) mass is 562 g/mol. The van der Waals surface area contributed by atoms with E-state index < -0.39 is 22.6 Å². The summed E-state index contributed by atoms with van der Waals surface area (Å²) in [6, 6.07) is 11.7. The van der Waals surface area contributed by atoms with Crippen molar-refractivity contribution in [2.75, 3.05) is 50.7 Å². The molecule has 0 bridgehead atoms. The molecule has 0 radical (unpaired) electrons. The van der Waals surface area contributed by atoms with Crippen LogP contribution in [0.5, 0.6) is 5.75 Å². The largest absolute Gasteiger partial charge is 0.495 e. The third-order valence-electron chi connectivity index (χ3n) is 6.78. The first-order valence-corrected chi connectivity index (χ1v) is 14.6. The molecule has 1 fully saturated rings. The number of hydrogen-bond acceptors (Lipinski definition) is 6. The number of nitrogens with zero attached hydrogens (tertiary/aromatic N) is 2. The molecule has 2 N–H and O–H groups in total. The van der Waals surface area contributed by atoms with Gasteiger partial charge in [0.05, 0.1) is 35.4 Å². The van der Waals surface area contributed by atoms with Crippen molar-refractivity contribution in [2.24, 2.45) is 0 Å². The molecular weight excluding hydrogens is 529 g/mol. The minimum Gasteiger partial charge on any atom is -0.495 e. The predicted octanol–water partition coefficient (Wildman–Crippen LogP) is 4.98. The van der Waals surface area contributed by atoms with Crippen molar-refractivity contribution in [1.82, 2.24) is 9.47 Å². The highest BCUT2D eigenvalue weighted by Crippen LogP contribution is 2.31. The number of halogens is 3. The van der Waals surface area contributed by atoms with Crippen LogP contribution in [0, 0.1) is 11.8 Å². The number of alkyl halides is 3. The number of aromatic nitrogens is 1. The molecule has 0 spiro atoms. The van der Waals surface area contributed by atoms with Gasteiger partial charge in [0.2, 0.25) is 0 Å². The van der Waals surface area contributed by atoms with Crippen molar-refractivity contribution in [3.05, 3.63) is 48.2 Å². The fourth-order valence-electron chi connectivity index (χ4n) is 4.79. The van der Waals surface area contributed by atoms with Crippen molar-refractivity contribution in [2.45, 2.75) is 42.9 Å². The van der Waals surface area contributed by atoms with Crippen LogP contribution in [0.3, 0.4) is 0 Å². The number of hydrogen-bond donors (Lipinski definition) is 2. The molecule has 210 valence electrons. The van der Waals surface area contributed by atoms with Gasteiger partial charge in [-0.1, -0.05) is 12.0 Å². The lowest BCUT2D eigenvalue weighted by molar-refractivity contribution is -0.140. The van der Waals surface area contributed by atoms with E-state index in [9.17, 15) is 21.6 Å². The van der Waals surface area contributed by atoms with Gasteiger partial charge in [-0.15, -0.1) is 0 Å². The second-order valence-corrected chi connectivity index (χ2v) is 11.9. The summed E-state index contributed by atoms with van der Waals surface area (Å²) in [5.41, 5.74) is 2.06. The molecule has 0 amide bonds. The number of nitrogens with one attached hydrogen (secondary N) is 2. The molecule has 2 heterocycles. The highest BCUT2D eigenvalue weighted by Gasteiger charge is 2.30. The van der Waals surface area contributed by atoms with Crippen LogP contribution in [0.25, 0.3) is 10.9 Å². The third-order valence-corrected chi connectivity index (χ3v) is 7.89. The number of ether oxygens (including phenoxy) is 1. The second-order valence-electron chi connectivity index (χ2n) is 9.83. The van der Waals surface area contributed by atoms with Crippen molar-refractivity contribution in [1.29, 1.82) is 0 Å². The molecule has 1 aromatic heterocycles. The fraction of sp³-hybridized carbons (Fsp3) is 0.429. The van der Waals surface area contributed by atoms with Gasteiger partial charge in [-0.3, -0.25) is 0 Å². The van der Waals surface area contributed by atoms with Gasteiger partial charge in [0.15, 0.2) is 9.84 Å². The summed E-state index contributed by atoms with van der Waals surface area (Å²) in [5, 5.41) is 7.32. The molecular formula is C28H33F3N4O3S. The Labute approximate surface area is 227 Å². The molecule has 1 atom stereocenters. The maximum atomic E-state index is 13.5. The molecule has 4 rings (SSSR count). The van der Waals surface area contributed by atoms with Crippen LogP contribution in [0.15, 0.2) is 47.4 Å². The van der Waals surface area contributed by atoms with E-state index in [0.29, 0.717) is 22.3 Å². The average molecular weight is 563 g/mol. The highest BCUT2D eigenvalue weighted by molar-refractivity contribution is 7.90. The molecule has 0 saturated carbocycles. The minimum absolute atomic E-state index is 0.114. The first-order chi connectivity index (χ1) is 18.4. The highest BCUT2D eigenvalue weighted by atomic mass is 32.2. The molecule has 0 aliphatic carbocycles. The van der Waals surface area contributed by atoms with Crippen LogP contribution in [0.4, 0.5) is 24.5 Å². The van der Waals surface area contributed by atoms with Gasteiger partial charge >= 0.3 is 6.18 Å². The van der Waals surface area contributed by atoms with Crippen molar-refractivity contribution in [3.63, 3.8) is 0 Å². The van der Waals surface area contributed by atoms with E-state index >= 15 is 0 Å². The third kappa shape index (κ3) is 7.40. The number of likely N-dealkylation sites (tertiary alicyclic amines) is 1. The predicted molar refractivity (Wildman–Crippen MR) is 148 cm³/mol. The molecule has 3 aromatic rings. The van der Waals surface area contributed by atoms with E-state index in [1.807, 2.05) is 6.07 Å². The lowest BCUT2D eigenvalue weighted by Crippen LogP contribution is -2.23. The van der Waals surface area contributed by atoms with E-state index in [0.717, 1.165) is 44.3 Å². The topological polar surface area (TPSA) is 75.6 Å². The van der Waals surface area contributed by atoms with Crippen LogP contribution in [-0.2, 0) is 16.4 Å². The van der Waals surface area contributed by atoms with E-state index in [2.05, 4.69) is 34.4 Å². The molecule has 11 heteroatoms. The summed E-state index contributed by atoms with van der Waals surface area (Å²) >= 11 is 0. The van der Waals surface area contributed by atoms with Crippen molar-refractivity contribution in [3.8, 4) is 17.6 Å². The van der Waals surface area contributed by atoms with Crippen LogP contribution in [-0.4, -0.2) is 70.2 Å². The van der Waals surface area contributed by atoms with E-state index in [1.54, 1.807) is 24.3 Å². The van der Waals surface area contributed by atoms with Crippen molar-refractivity contribution >= 4 is 32.1 Å². The van der Waals surface area contributed by atoms with Gasteiger partial charge in [0.1, 0.15) is 12.3 Å². The van der Waals surface area contributed by atoms with Crippen LogP contribution in [0.1, 0.15) is 25.0 Å². The van der Waals surface area contributed by atoms with Crippen LogP contribution >= 0.6 is 0 Å². The first-order valence-electron chi connectivity index (χ1n) is 12.7. The standard InChI is InChI=1S/C28H33F3N4O3S/c1-34-15-6-7-20(13-16-34)33-24-9-4-10-26-23(24)17-21(35(26)19-28(29,30)31)8-5-14-32-25-12-11-22(39(3,36)37)18-27(25)38-2/h4,9-12,17-18,20,32-33H,6-7,13-16,19H2,1-3H3. The average Bonchev–Trinajstić information content (AvgIpc) is 3.06. The van der Waals surface area contributed by atoms with Gasteiger partial charge in [-0.05, 0) is 75.7 Å². The summed E-state index contributed by atoms with van der Waals surface area (Å²) in [5.74, 6) is 6.12. The Bertz CT molecular complexity index is 1490. The summed E-state index contributed by atoms with van der Waals surface area (Å²) in [6.07, 6.45) is -0.286. The zero-order valence-corrected chi connectivity index (χ0v) is 23.0. The Morgan fingerprint density at radius 1 is 1.10 bits per heavy atom. The van der Waals surface area contributed by atoms with Gasteiger partial charge in [-0.2, -0.15) is 13.2 Å². The number of fused-ring (bicyclic) bond motifs is 1. The number of anilines is 2. The summed E-state index contributed by atoms with van der Waals surface area (Å²) in [4.78, 5) is 2.41. The normalized spacial score (nSPS) is 16.8.